The number of halogens is 2. The molecule has 3 heteroatoms. The average Bonchev–Trinajstić information content (AvgIpc) is 2.39. The number of benzene rings is 2. The topological polar surface area (TPSA) is 12.0 Å². The van der Waals surface area contributed by atoms with Gasteiger partial charge < -0.3 is 5.32 Å². The van der Waals surface area contributed by atoms with Gasteiger partial charge in [0.2, 0.25) is 0 Å². The van der Waals surface area contributed by atoms with E-state index < -0.39 is 0 Å². The first-order valence-corrected chi connectivity index (χ1v) is 7.53. The maximum absolute atomic E-state index is 13.6. The van der Waals surface area contributed by atoms with E-state index >= 15 is 0 Å². The smallest absolute Gasteiger partial charge is 0.124 e. The third kappa shape index (κ3) is 3.47. The Morgan fingerprint density at radius 2 is 1.55 bits per heavy atom. The minimum absolute atomic E-state index is 0.0109. The van der Waals surface area contributed by atoms with Gasteiger partial charge in [-0.3, -0.25) is 0 Å². The van der Waals surface area contributed by atoms with Gasteiger partial charge in [0.15, 0.2) is 0 Å². The zero-order valence-corrected chi connectivity index (χ0v) is 13.5. The molecule has 1 atom stereocenters. The predicted octanol–water partition coefficient (Wildman–Crippen LogP) is 5.02. The molecule has 0 saturated heterocycles. The highest BCUT2D eigenvalue weighted by molar-refractivity contribution is 9.10. The summed E-state index contributed by atoms with van der Waals surface area (Å²) in [5.74, 6) is 0.286. The van der Waals surface area contributed by atoms with Gasteiger partial charge in [-0.25, -0.2) is 4.39 Å². The largest absolute Gasteiger partial charge is 0.309 e. The van der Waals surface area contributed by atoms with E-state index in [1.54, 1.807) is 6.07 Å². The normalized spacial score (nSPS) is 12.7. The Morgan fingerprint density at radius 3 is 2.05 bits per heavy atom. The Bertz CT molecular complexity index is 558. The van der Waals surface area contributed by atoms with Crippen molar-refractivity contribution < 1.29 is 4.39 Å². The van der Waals surface area contributed by atoms with Crippen LogP contribution in [0.25, 0.3) is 0 Å². The van der Waals surface area contributed by atoms with Crippen LogP contribution in [-0.2, 0) is 0 Å². The van der Waals surface area contributed by atoms with Crippen molar-refractivity contribution in [2.24, 2.45) is 0 Å². The molecular formula is C17H19BrFN. The molecule has 2 aromatic rings. The van der Waals surface area contributed by atoms with E-state index in [1.165, 1.54) is 11.6 Å². The van der Waals surface area contributed by atoms with Gasteiger partial charge in [-0.15, -0.1) is 0 Å². The van der Waals surface area contributed by atoms with Gasteiger partial charge in [0.05, 0.1) is 6.04 Å². The molecule has 0 aromatic heterocycles. The fraction of sp³-hybridized carbons (Fsp3) is 0.294. The zero-order valence-electron chi connectivity index (χ0n) is 12.0. The summed E-state index contributed by atoms with van der Waals surface area (Å²) in [7, 11) is 1.89. The van der Waals surface area contributed by atoms with E-state index in [4.69, 9.17) is 0 Å². The molecule has 1 N–H and O–H groups in total. The molecule has 0 amide bonds. The first kappa shape index (κ1) is 15.2. The van der Waals surface area contributed by atoms with Gasteiger partial charge in [-0.1, -0.05) is 54.0 Å². The van der Waals surface area contributed by atoms with Gasteiger partial charge in [0.25, 0.3) is 0 Å². The second kappa shape index (κ2) is 6.51. The van der Waals surface area contributed by atoms with E-state index in [2.05, 4.69) is 59.4 Å². The summed E-state index contributed by atoms with van der Waals surface area (Å²) in [5, 5.41) is 3.25. The quantitative estimate of drug-likeness (QED) is 0.827. The van der Waals surface area contributed by atoms with Crippen molar-refractivity contribution in [3.05, 3.63) is 69.4 Å². The van der Waals surface area contributed by atoms with Crippen LogP contribution >= 0.6 is 15.9 Å². The molecule has 0 aliphatic rings. The summed E-state index contributed by atoms with van der Waals surface area (Å²) < 4.78 is 14.3. The number of hydrogen-bond donors (Lipinski definition) is 1. The minimum atomic E-state index is -0.228. The lowest BCUT2D eigenvalue weighted by Gasteiger charge is -2.18. The lowest BCUT2D eigenvalue weighted by molar-refractivity contribution is 0.615. The highest BCUT2D eigenvalue weighted by Gasteiger charge is 2.14. The van der Waals surface area contributed by atoms with Crippen LogP contribution in [0.4, 0.5) is 4.39 Å². The average molecular weight is 336 g/mol. The van der Waals surface area contributed by atoms with Gasteiger partial charge in [-0.05, 0) is 47.9 Å². The monoisotopic (exact) mass is 335 g/mol. The summed E-state index contributed by atoms with van der Waals surface area (Å²) >= 11 is 3.35. The highest BCUT2D eigenvalue weighted by Crippen LogP contribution is 2.26. The molecule has 2 rings (SSSR count). The molecule has 0 bridgehead atoms. The lowest BCUT2D eigenvalue weighted by Crippen LogP contribution is -2.17. The molecule has 0 aliphatic carbocycles. The molecule has 106 valence electrons. The molecule has 1 unspecified atom stereocenters. The van der Waals surface area contributed by atoms with Crippen LogP contribution in [0, 0.1) is 5.82 Å². The number of nitrogens with one attached hydrogen (secondary N) is 1. The SMILES string of the molecule is CNC(c1ccc(C(C)C)cc1)c1cc(F)cc(Br)c1. The van der Waals surface area contributed by atoms with Crippen molar-refractivity contribution in [3.63, 3.8) is 0 Å². The fourth-order valence-corrected chi connectivity index (χ4v) is 2.82. The molecule has 0 saturated carbocycles. The van der Waals surface area contributed by atoms with Crippen LogP contribution in [0.3, 0.4) is 0 Å². The van der Waals surface area contributed by atoms with Gasteiger partial charge in [0.1, 0.15) is 5.82 Å². The number of hydrogen-bond acceptors (Lipinski definition) is 1. The van der Waals surface area contributed by atoms with E-state index in [-0.39, 0.29) is 11.9 Å². The van der Waals surface area contributed by atoms with Crippen molar-refractivity contribution in [2.45, 2.75) is 25.8 Å². The summed E-state index contributed by atoms with van der Waals surface area (Å²) in [6, 6.07) is 13.5. The summed E-state index contributed by atoms with van der Waals surface area (Å²) in [6.45, 7) is 4.35. The molecule has 0 aliphatic heterocycles. The van der Waals surface area contributed by atoms with E-state index in [1.807, 2.05) is 13.1 Å². The summed E-state index contributed by atoms with van der Waals surface area (Å²) in [4.78, 5) is 0. The Hall–Kier alpha value is -1.19. The Morgan fingerprint density at radius 1 is 0.950 bits per heavy atom. The third-order valence-corrected chi connectivity index (χ3v) is 3.90. The first-order chi connectivity index (χ1) is 9.51. The van der Waals surface area contributed by atoms with Crippen LogP contribution in [0.1, 0.15) is 42.5 Å². The minimum Gasteiger partial charge on any atom is -0.309 e. The van der Waals surface area contributed by atoms with Crippen molar-refractivity contribution >= 4 is 15.9 Å². The molecular weight excluding hydrogens is 317 g/mol. The Balaban J connectivity index is 2.36. The lowest BCUT2D eigenvalue weighted by atomic mass is 9.95. The van der Waals surface area contributed by atoms with Gasteiger partial charge >= 0.3 is 0 Å². The molecule has 0 fully saturated rings. The van der Waals surface area contributed by atoms with Crippen molar-refractivity contribution in [2.75, 3.05) is 7.05 Å². The predicted molar refractivity (Wildman–Crippen MR) is 85.5 cm³/mol. The van der Waals surface area contributed by atoms with E-state index in [0.29, 0.717) is 5.92 Å². The van der Waals surface area contributed by atoms with Crippen LogP contribution in [-0.4, -0.2) is 7.05 Å². The maximum atomic E-state index is 13.6. The van der Waals surface area contributed by atoms with E-state index in [9.17, 15) is 4.39 Å². The maximum Gasteiger partial charge on any atom is 0.124 e. The second-order valence-corrected chi connectivity index (χ2v) is 6.16. The Labute approximate surface area is 128 Å². The van der Waals surface area contributed by atoms with Crippen LogP contribution in [0.5, 0.6) is 0 Å². The number of rotatable bonds is 4. The first-order valence-electron chi connectivity index (χ1n) is 6.74. The van der Waals surface area contributed by atoms with Crippen LogP contribution in [0.2, 0.25) is 0 Å². The molecule has 0 radical (unpaired) electrons. The van der Waals surface area contributed by atoms with Crippen LogP contribution < -0.4 is 5.32 Å². The Kier molecular flexibility index (Phi) is 4.95. The van der Waals surface area contributed by atoms with Crippen molar-refractivity contribution in [1.29, 1.82) is 0 Å². The molecule has 0 heterocycles. The van der Waals surface area contributed by atoms with Crippen LogP contribution in [0.15, 0.2) is 46.9 Å². The zero-order chi connectivity index (χ0) is 14.7. The highest BCUT2D eigenvalue weighted by atomic mass is 79.9. The molecule has 2 aromatic carbocycles. The second-order valence-electron chi connectivity index (χ2n) is 5.25. The summed E-state index contributed by atoms with van der Waals surface area (Å²) in [6.07, 6.45) is 0. The van der Waals surface area contributed by atoms with E-state index in [0.717, 1.165) is 15.6 Å². The fourth-order valence-electron chi connectivity index (χ4n) is 2.34. The standard InChI is InChI=1S/C17H19BrFN/c1-11(2)12-4-6-13(7-5-12)17(20-3)14-8-15(18)10-16(19)9-14/h4-11,17,20H,1-3H3. The van der Waals surface area contributed by atoms with Crippen molar-refractivity contribution in [1.82, 2.24) is 5.32 Å². The van der Waals surface area contributed by atoms with Gasteiger partial charge in [-0.2, -0.15) is 0 Å². The summed E-state index contributed by atoms with van der Waals surface area (Å²) in [5.41, 5.74) is 3.36. The molecule has 0 spiro atoms. The van der Waals surface area contributed by atoms with Gasteiger partial charge in [0, 0.05) is 4.47 Å². The van der Waals surface area contributed by atoms with Crippen molar-refractivity contribution in [3.8, 4) is 0 Å². The third-order valence-electron chi connectivity index (χ3n) is 3.44. The molecule has 20 heavy (non-hydrogen) atoms. The molecule has 1 nitrogen and oxygen atoms in total.